The van der Waals surface area contributed by atoms with Crippen LogP contribution >= 0.6 is 0 Å². The van der Waals surface area contributed by atoms with Crippen molar-refractivity contribution in [3.8, 4) is 5.75 Å². The van der Waals surface area contributed by atoms with Crippen LogP contribution in [0.4, 0.5) is 4.79 Å². The van der Waals surface area contributed by atoms with Gasteiger partial charge in [0.2, 0.25) is 0 Å². The zero-order valence-electron chi connectivity index (χ0n) is 15.0. The third kappa shape index (κ3) is 3.09. The maximum atomic E-state index is 13.1. The van der Waals surface area contributed by atoms with Gasteiger partial charge in [0, 0.05) is 25.6 Å². The summed E-state index contributed by atoms with van der Waals surface area (Å²) >= 11 is 0. The summed E-state index contributed by atoms with van der Waals surface area (Å²) in [7, 11) is 0. The van der Waals surface area contributed by atoms with Gasteiger partial charge in [0.15, 0.2) is 6.61 Å². The van der Waals surface area contributed by atoms with E-state index in [1.807, 2.05) is 43.3 Å². The highest BCUT2D eigenvalue weighted by molar-refractivity contribution is 6.09. The van der Waals surface area contributed by atoms with Gasteiger partial charge in [0.1, 0.15) is 5.75 Å². The van der Waals surface area contributed by atoms with Crippen LogP contribution in [0.15, 0.2) is 36.4 Å². The van der Waals surface area contributed by atoms with Crippen LogP contribution in [0.2, 0.25) is 0 Å². The van der Waals surface area contributed by atoms with E-state index in [4.69, 9.17) is 9.47 Å². The van der Waals surface area contributed by atoms with E-state index in [1.54, 1.807) is 4.90 Å². The first-order chi connectivity index (χ1) is 13.1. The van der Waals surface area contributed by atoms with E-state index in [-0.39, 0.29) is 30.9 Å². The second kappa shape index (κ2) is 6.90. The number of ether oxygens (including phenoxy) is 2. The Morgan fingerprint density at radius 1 is 1.19 bits per heavy atom. The van der Waals surface area contributed by atoms with E-state index in [2.05, 4.69) is 0 Å². The molecule has 0 radical (unpaired) electrons. The highest BCUT2D eigenvalue weighted by atomic mass is 16.6. The second-order valence-corrected chi connectivity index (χ2v) is 6.73. The lowest BCUT2D eigenvalue weighted by Gasteiger charge is -2.40. The maximum absolute atomic E-state index is 13.1. The molecule has 2 heterocycles. The van der Waals surface area contributed by atoms with Crippen molar-refractivity contribution >= 4 is 28.7 Å². The van der Waals surface area contributed by atoms with Crippen LogP contribution in [0, 0.1) is 5.92 Å². The summed E-state index contributed by atoms with van der Waals surface area (Å²) in [6.45, 7) is 3.43. The predicted octanol–water partition coefficient (Wildman–Crippen LogP) is 2.29. The van der Waals surface area contributed by atoms with E-state index < -0.39 is 6.09 Å². The number of nitrogens with zero attached hydrogens (tertiary/aromatic N) is 2. The van der Waals surface area contributed by atoms with Crippen molar-refractivity contribution in [1.29, 1.82) is 0 Å². The number of benzene rings is 2. The smallest absolute Gasteiger partial charge is 0.417 e. The normalized spacial score (nSPS) is 17.2. The fraction of sp³-hybridized carbons (Fsp3) is 0.350. The van der Waals surface area contributed by atoms with Crippen molar-refractivity contribution in [3.63, 3.8) is 0 Å². The van der Waals surface area contributed by atoms with Crippen molar-refractivity contribution in [2.45, 2.75) is 6.92 Å². The highest BCUT2D eigenvalue weighted by Gasteiger charge is 2.39. The Kier molecular flexibility index (Phi) is 4.43. The van der Waals surface area contributed by atoms with Crippen molar-refractivity contribution < 1.29 is 23.9 Å². The summed E-state index contributed by atoms with van der Waals surface area (Å²) in [5.41, 5.74) is 0.560. The standard InChI is InChI=1S/C20H20N2O5/c1-2-26-16-8-7-14-5-3-4-6-15(14)18(16)19(24)21-9-13(10-21)11-22-17(23)12-27-20(22)25/h3-8,13H,2,9-12H2,1H3. The number of cyclic esters (lactones) is 1. The number of carbonyl (C=O) groups excluding carboxylic acids is 3. The Morgan fingerprint density at radius 3 is 2.67 bits per heavy atom. The topological polar surface area (TPSA) is 76.2 Å². The zero-order chi connectivity index (χ0) is 19.0. The summed E-state index contributed by atoms with van der Waals surface area (Å²) in [6.07, 6.45) is -0.600. The van der Waals surface area contributed by atoms with Gasteiger partial charge in [0.05, 0.1) is 12.2 Å². The number of amides is 3. The number of carbonyl (C=O) groups is 3. The molecule has 0 bridgehead atoms. The number of imide groups is 1. The van der Waals surface area contributed by atoms with Gasteiger partial charge in [-0.15, -0.1) is 0 Å². The average molecular weight is 368 g/mol. The molecule has 0 aliphatic carbocycles. The molecule has 140 valence electrons. The Hall–Kier alpha value is -3.09. The molecule has 27 heavy (non-hydrogen) atoms. The van der Waals surface area contributed by atoms with Gasteiger partial charge in [0.25, 0.3) is 11.8 Å². The molecule has 2 aliphatic rings. The summed E-state index contributed by atoms with van der Waals surface area (Å²) < 4.78 is 10.4. The summed E-state index contributed by atoms with van der Waals surface area (Å²) in [6, 6.07) is 11.5. The predicted molar refractivity (Wildman–Crippen MR) is 97.6 cm³/mol. The van der Waals surface area contributed by atoms with Crippen LogP contribution in [0.1, 0.15) is 17.3 Å². The lowest BCUT2D eigenvalue weighted by molar-refractivity contribution is -0.126. The van der Waals surface area contributed by atoms with Crippen LogP contribution in [0.25, 0.3) is 10.8 Å². The van der Waals surface area contributed by atoms with Gasteiger partial charge in [-0.3, -0.25) is 9.59 Å². The molecule has 2 saturated heterocycles. The number of hydrogen-bond acceptors (Lipinski definition) is 5. The lowest BCUT2D eigenvalue weighted by atomic mass is 9.96. The minimum Gasteiger partial charge on any atom is -0.493 e. The lowest BCUT2D eigenvalue weighted by Crippen LogP contribution is -2.54. The molecule has 0 spiro atoms. The number of hydrogen-bond donors (Lipinski definition) is 0. The molecule has 0 aromatic heterocycles. The fourth-order valence-corrected chi connectivity index (χ4v) is 3.57. The molecular formula is C20H20N2O5. The molecule has 2 fully saturated rings. The van der Waals surface area contributed by atoms with Crippen LogP contribution in [-0.2, 0) is 9.53 Å². The molecule has 2 aromatic rings. The highest BCUT2D eigenvalue weighted by Crippen LogP contribution is 2.31. The first kappa shape index (κ1) is 17.3. The second-order valence-electron chi connectivity index (χ2n) is 6.73. The van der Waals surface area contributed by atoms with Gasteiger partial charge in [-0.1, -0.05) is 30.3 Å². The van der Waals surface area contributed by atoms with Crippen molar-refractivity contribution in [3.05, 3.63) is 42.0 Å². The Balaban J connectivity index is 1.51. The van der Waals surface area contributed by atoms with Crippen LogP contribution in [-0.4, -0.2) is 60.6 Å². The summed E-state index contributed by atoms with van der Waals surface area (Å²) in [4.78, 5) is 39.2. The molecular weight excluding hydrogens is 348 g/mol. The molecule has 7 heteroatoms. The average Bonchev–Trinajstić information content (AvgIpc) is 2.95. The van der Waals surface area contributed by atoms with Gasteiger partial charge in [-0.2, -0.15) is 0 Å². The van der Waals surface area contributed by atoms with E-state index in [1.165, 1.54) is 0 Å². The van der Waals surface area contributed by atoms with E-state index in [0.717, 1.165) is 15.7 Å². The largest absolute Gasteiger partial charge is 0.493 e. The molecule has 3 amide bonds. The Labute approximate surface area is 156 Å². The third-order valence-electron chi connectivity index (χ3n) is 4.93. The molecule has 2 aliphatic heterocycles. The summed E-state index contributed by atoms with van der Waals surface area (Å²) in [5, 5.41) is 1.84. The molecule has 7 nitrogen and oxygen atoms in total. The number of fused-ring (bicyclic) bond motifs is 1. The minimum absolute atomic E-state index is 0.0640. The molecule has 2 aromatic carbocycles. The van der Waals surface area contributed by atoms with Crippen LogP contribution in [0.5, 0.6) is 5.75 Å². The molecule has 0 unspecified atom stereocenters. The van der Waals surface area contributed by atoms with Crippen LogP contribution < -0.4 is 4.74 Å². The maximum Gasteiger partial charge on any atom is 0.417 e. The van der Waals surface area contributed by atoms with E-state index in [0.29, 0.717) is 31.0 Å². The number of rotatable bonds is 5. The Morgan fingerprint density at radius 2 is 1.96 bits per heavy atom. The number of likely N-dealkylation sites (tertiary alicyclic amines) is 1. The van der Waals surface area contributed by atoms with Gasteiger partial charge in [-0.05, 0) is 23.8 Å². The molecule has 0 atom stereocenters. The summed E-state index contributed by atoms with van der Waals surface area (Å²) in [5.74, 6) is 0.219. The molecule has 4 rings (SSSR count). The van der Waals surface area contributed by atoms with E-state index in [9.17, 15) is 14.4 Å². The van der Waals surface area contributed by atoms with E-state index >= 15 is 0 Å². The molecule has 0 N–H and O–H groups in total. The van der Waals surface area contributed by atoms with Gasteiger partial charge < -0.3 is 14.4 Å². The van der Waals surface area contributed by atoms with Crippen molar-refractivity contribution in [2.75, 3.05) is 32.8 Å². The van der Waals surface area contributed by atoms with Gasteiger partial charge >= 0.3 is 6.09 Å². The molecule has 0 saturated carbocycles. The fourth-order valence-electron chi connectivity index (χ4n) is 3.57. The Bertz CT molecular complexity index is 904. The van der Waals surface area contributed by atoms with Crippen molar-refractivity contribution in [2.24, 2.45) is 5.92 Å². The monoisotopic (exact) mass is 368 g/mol. The van der Waals surface area contributed by atoms with Gasteiger partial charge in [-0.25, -0.2) is 9.69 Å². The first-order valence-corrected chi connectivity index (χ1v) is 8.99. The van der Waals surface area contributed by atoms with Crippen molar-refractivity contribution in [1.82, 2.24) is 9.80 Å². The van der Waals surface area contributed by atoms with Crippen LogP contribution in [0.3, 0.4) is 0 Å². The SMILES string of the molecule is CCOc1ccc2ccccc2c1C(=O)N1CC(CN2C(=O)COC2=O)C1. The minimum atomic E-state index is -0.600. The third-order valence-corrected chi connectivity index (χ3v) is 4.93. The quantitative estimate of drug-likeness (QED) is 0.809. The zero-order valence-corrected chi connectivity index (χ0v) is 15.0. The first-order valence-electron chi connectivity index (χ1n) is 8.99.